The number of aromatic amines is 1. The summed E-state index contributed by atoms with van der Waals surface area (Å²) >= 11 is 3.45. The minimum Gasteiger partial charge on any atom is -0.462 e. The number of carbonyl (C=O) groups excluding carboxylic acids is 1. The van der Waals surface area contributed by atoms with Gasteiger partial charge in [0, 0.05) is 36.4 Å². The second-order valence-corrected chi connectivity index (χ2v) is 7.71. The molecule has 0 aliphatic carbocycles. The van der Waals surface area contributed by atoms with Crippen LogP contribution in [-0.4, -0.2) is 51.8 Å². The number of aromatic nitrogens is 3. The molecular formula is C20H21BrN4O4. The van der Waals surface area contributed by atoms with Crippen LogP contribution in [0.15, 0.2) is 45.8 Å². The molecule has 1 saturated heterocycles. The van der Waals surface area contributed by atoms with Crippen molar-refractivity contribution in [1.29, 1.82) is 0 Å². The number of fused-ring (bicyclic) bond motifs is 1. The van der Waals surface area contributed by atoms with Crippen LogP contribution in [0.5, 0.6) is 0 Å². The van der Waals surface area contributed by atoms with E-state index in [2.05, 4.69) is 30.9 Å². The van der Waals surface area contributed by atoms with E-state index in [0.717, 1.165) is 16.6 Å². The molecule has 2 aromatic heterocycles. The maximum absolute atomic E-state index is 12.4. The zero-order valence-corrected chi connectivity index (χ0v) is 17.5. The Morgan fingerprint density at radius 1 is 1.38 bits per heavy atom. The fourth-order valence-electron chi connectivity index (χ4n) is 3.42. The SMILES string of the molecule is CCOC(=O)c1c[nH]n2c(=O)cc(CN3CCOC(c4ccc(Br)cc4)C3)nc12. The summed E-state index contributed by atoms with van der Waals surface area (Å²) < 4.78 is 13.2. The minimum absolute atomic E-state index is 0.0379. The average molecular weight is 461 g/mol. The number of nitrogens with one attached hydrogen (secondary N) is 1. The topological polar surface area (TPSA) is 88.9 Å². The molecule has 152 valence electrons. The van der Waals surface area contributed by atoms with E-state index in [1.165, 1.54) is 16.8 Å². The number of nitrogens with zero attached hydrogens (tertiary/aromatic N) is 3. The van der Waals surface area contributed by atoms with Crippen molar-refractivity contribution in [2.45, 2.75) is 19.6 Å². The molecule has 1 unspecified atom stereocenters. The Morgan fingerprint density at radius 3 is 2.93 bits per heavy atom. The molecule has 4 rings (SSSR count). The molecule has 1 aliphatic heterocycles. The molecular weight excluding hydrogens is 440 g/mol. The highest BCUT2D eigenvalue weighted by Crippen LogP contribution is 2.24. The molecule has 9 heteroatoms. The van der Waals surface area contributed by atoms with Crippen molar-refractivity contribution in [2.75, 3.05) is 26.3 Å². The molecule has 29 heavy (non-hydrogen) atoms. The third-order valence-electron chi connectivity index (χ3n) is 4.82. The van der Waals surface area contributed by atoms with Gasteiger partial charge in [0.05, 0.1) is 25.0 Å². The smallest absolute Gasteiger partial charge is 0.343 e. The Labute approximate surface area is 175 Å². The predicted octanol–water partition coefficient (Wildman–Crippen LogP) is 2.54. The number of morpholine rings is 1. The summed E-state index contributed by atoms with van der Waals surface area (Å²) in [6.45, 7) is 4.52. The second kappa shape index (κ2) is 8.48. The molecule has 1 N–H and O–H groups in total. The normalized spacial score (nSPS) is 17.5. The lowest BCUT2D eigenvalue weighted by atomic mass is 10.1. The number of carbonyl (C=O) groups is 1. The molecule has 1 aliphatic rings. The van der Waals surface area contributed by atoms with Gasteiger partial charge in [-0.05, 0) is 24.6 Å². The highest BCUT2D eigenvalue weighted by molar-refractivity contribution is 9.10. The van der Waals surface area contributed by atoms with E-state index < -0.39 is 5.97 Å². The van der Waals surface area contributed by atoms with Crippen molar-refractivity contribution in [1.82, 2.24) is 19.5 Å². The van der Waals surface area contributed by atoms with Gasteiger partial charge in [-0.15, -0.1) is 0 Å². The van der Waals surface area contributed by atoms with Crippen LogP contribution in [0.3, 0.4) is 0 Å². The van der Waals surface area contributed by atoms with Gasteiger partial charge in [-0.2, -0.15) is 0 Å². The van der Waals surface area contributed by atoms with E-state index in [9.17, 15) is 9.59 Å². The van der Waals surface area contributed by atoms with Crippen LogP contribution in [0.1, 0.15) is 34.6 Å². The van der Waals surface area contributed by atoms with Crippen molar-refractivity contribution in [3.05, 3.63) is 68.2 Å². The molecule has 0 spiro atoms. The third kappa shape index (κ3) is 4.26. The van der Waals surface area contributed by atoms with Gasteiger partial charge in [0.2, 0.25) is 0 Å². The quantitative estimate of drug-likeness (QED) is 0.588. The number of hydrogen-bond acceptors (Lipinski definition) is 6. The van der Waals surface area contributed by atoms with E-state index in [4.69, 9.17) is 9.47 Å². The molecule has 0 saturated carbocycles. The van der Waals surface area contributed by atoms with Gasteiger partial charge < -0.3 is 9.47 Å². The summed E-state index contributed by atoms with van der Waals surface area (Å²) in [4.78, 5) is 31.3. The Hall–Kier alpha value is -2.49. The fraction of sp³-hybridized carbons (Fsp3) is 0.350. The molecule has 0 radical (unpaired) electrons. The van der Waals surface area contributed by atoms with Crippen LogP contribution < -0.4 is 5.56 Å². The number of rotatable bonds is 5. The summed E-state index contributed by atoms with van der Waals surface area (Å²) in [5.74, 6) is -0.503. The van der Waals surface area contributed by atoms with Crippen molar-refractivity contribution in [3.8, 4) is 0 Å². The van der Waals surface area contributed by atoms with E-state index in [1.807, 2.05) is 24.3 Å². The molecule has 3 aromatic rings. The molecule has 0 amide bonds. The minimum atomic E-state index is -0.503. The van der Waals surface area contributed by atoms with Gasteiger partial charge in [0.1, 0.15) is 5.56 Å². The first kappa shape index (κ1) is 19.8. The van der Waals surface area contributed by atoms with Crippen LogP contribution in [-0.2, 0) is 16.0 Å². The van der Waals surface area contributed by atoms with Crippen LogP contribution >= 0.6 is 15.9 Å². The first-order chi connectivity index (χ1) is 14.0. The molecule has 1 atom stereocenters. The number of esters is 1. The first-order valence-electron chi connectivity index (χ1n) is 9.41. The largest absolute Gasteiger partial charge is 0.462 e. The Morgan fingerprint density at radius 2 is 2.17 bits per heavy atom. The average Bonchev–Trinajstić information content (AvgIpc) is 3.13. The Kier molecular flexibility index (Phi) is 5.79. The van der Waals surface area contributed by atoms with Crippen LogP contribution in [0, 0.1) is 0 Å². The maximum atomic E-state index is 12.4. The van der Waals surface area contributed by atoms with Crippen molar-refractivity contribution in [2.24, 2.45) is 0 Å². The Balaban J connectivity index is 1.55. The third-order valence-corrected chi connectivity index (χ3v) is 5.35. The van der Waals surface area contributed by atoms with E-state index >= 15 is 0 Å². The maximum Gasteiger partial charge on any atom is 0.343 e. The number of halogens is 1. The van der Waals surface area contributed by atoms with E-state index in [-0.39, 0.29) is 29.5 Å². The van der Waals surface area contributed by atoms with E-state index in [1.54, 1.807) is 6.92 Å². The lowest BCUT2D eigenvalue weighted by Crippen LogP contribution is -2.38. The number of hydrogen-bond donors (Lipinski definition) is 1. The van der Waals surface area contributed by atoms with Crippen molar-refractivity contribution in [3.63, 3.8) is 0 Å². The summed E-state index contributed by atoms with van der Waals surface area (Å²) in [7, 11) is 0. The molecule has 0 bridgehead atoms. The zero-order valence-electron chi connectivity index (χ0n) is 15.9. The molecule has 1 aromatic carbocycles. The summed E-state index contributed by atoms with van der Waals surface area (Å²) in [5.41, 5.74) is 1.98. The number of ether oxygens (including phenoxy) is 2. The van der Waals surface area contributed by atoms with Gasteiger partial charge in [0.15, 0.2) is 5.65 Å². The standard InChI is InChI=1S/C20H21BrN4O4/c1-2-28-20(27)16-10-22-25-18(26)9-15(23-19(16)25)11-24-7-8-29-17(12-24)13-3-5-14(21)6-4-13/h3-6,9-10,17,22H,2,7-8,11-12H2,1H3. The summed E-state index contributed by atoms with van der Waals surface area (Å²) in [6.07, 6.45) is 1.41. The first-order valence-corrected chi connectivity index (χ1v) is 10.2. The highest BCUT2D eigenvalue weighted by Gasteiger charge is 2.23. The van der Waals surface area contributed by atoms with Crippen LogP contribution in [0.25, 0.3) is 5.65 Å². The fourth-order valence-corrected chi connectivity index (χ4v) is 3.69. The lowest BCUT2D eigenvalue weighted by Gasteiger charge is -2.33. The highest BCUT2D eigenvalue weighted by atomic mass is 79.9. The molecule has 3 heterocycles. The summed E-state index contributed by atoms with van der Waals surface area (Å²) in [6, 6.07) is 9.57. The van der Waals surface area contributed by atoms with Gasteiger partial charge in [-0.3, -0.25) is 14.8 Å². The molecule has 1 fully saturated rings. The summed E-state index contributed by atoms with van der Waals surface area (Å²) in [5, 5.41) is 2.76. The van der Waals surface area contributed by atoms with Crippen LogP contribution in [0.2, 0.25) is 0 Å². The number of H-pyrrole nitrogens is 1. The van der Waals surface area contributed by atoms with Crippen molar-refractivity contribution >= 4 is 27.5 Å². The zero-order chi connectivity index (χ0) is 20.4. The second-order valence-electron chi connectivity index (χ2n) is 6.80. The van der Waals surface area contributed by atoms with Crippen molar-refractivity contribution < 1.29 is 14.3 Å². The van der Waals surface area contributed by atoms with Crippen LogP contribution in [0.4, 0.5) is 0 Å². The number of benzene rings is 1. The molecule has 8 nitrogen and oxygen atoms in total. The van der Waals surface area contributed by atoms with Gasteiger partial charge in [-0.25, -0.2) is 14.3 Å². The predicted molar refractivity (Wildman–Crippen MR) is 110 cm³/mol. The van der Waals surface area contributed by atoms with Gasteiger partial charge >= 0.3 is 5.97 Å². The van der Waals surface area contributed by atoms with E-state index in [0.29, 0.717) is 25.4 Å². The van der Waals surface area contributed by atoms with Gasteiger partial charge in [0.25, 0.3) is 5.56 Å². The lowest BCUT2D eigenvalue weighted by molar-refractivity contribution is -0.0332. The Bertz CT molecular complexity index is 1080. The monoisotopic (exact) mass is 460 g/mol. The van der Waals surface area contributed by atoms with Gasteiger partial charge in [-0.1, -0.05) is 28.1 Å².